The molecule has 0 spiro atoms. The lowest BCUT2D eigenvalue weighted by atomic mass is 10.2. The Morgan fingerprint density at radius 1 is 1.00 bits per heavy atom. The zero-order chi connectivity index (χ0) is 11.1. The summed E-state index contributed by atoms with van der Waals surface area (Å²) in [6.45, 7) is 6.92. The van der Waals surface area contributed by atoms with Crippen molar-refractivity contribution in [2.45, 2.75) is 39.7 Å². The van der Waals surface area contributed by atoms with Gasteiger partial charge in [-0.2, -0.15) is 0 Å². The molecule has 0 saturated carbocycles. The maximum absolute atomic E-state index is 5.87. The minimum Gasteiger partial charge on any atom is -0.490 e. The third-order valence-corrected chi connectivity index (χ3v) is 2.35. The Kier molecular flexibility index (Phi) is 5.02. The van der Waals surface area contributed by atoms with E-state index < -0.39 is 0 Å². The predicted octanol–water partition coefficient (Wildman–Crippen LogP) is 3.65. The van der Waals surface area contributed by atoms with Crippen LogP contribution in [0.2, 0.25) is 0 Å². The van der Waals surface area contributed by atoms with Gasteiger partial charge in [-0.1, -0.05) is 26.0 Å². The molecule has 1 aromatic carbocycles. The van der Waals surface area contributed by atoms with Crippen LogP contribution in [0.25, 0.3) is 0 Å². The van der Waals surface area contributed by atoms with Crippen molar-refractivity contribution in [3.05, 3.63) is 24.3 Å². The van der Waals surface area contributed by atoms with E-state index in [9.17, 15) is 0 Å². The summed E-state index contributed by atoms with van der Waals surface area (Å²) in [6, 6.07) is 7.84. The molecule has 0 aliphatic carbocycles. The average Bonchev–Trinajstić information content (AvgIpc) is 2.28. The zero-order valence-corrected chi connectivity index (χ0v) is 9.82. The quantitative estimate of drug-likeness (QED) is 0.710. The molecule has 0 N–H and O–H groups in total. The molecule has 84 valence electrons. The largest absolute Gasteiger partial charge is 0.490 e. The highest BCUT2D eigenvalue weighted by molar-refractivity contribution is 5.39. The smallest absolute Gasteiger partial charge is 0.161 e. The SMILES string of the molecule is CCOc1ccccc1OC(CC)CC. The standard InChI is InChI=1S/C13H20O2/c1-4-11(5-2)15-13-10-8-7-9-12(13)14-6-3/h7-11H,4-6H2,1-3H3. The van der Waals surface area contributed by atoms with E-state index in [1.807, 2.05) is 31.2 Å². The van der Waals surface area contributed by atoms with Gasteiger partial charge in [0.2, 0.25) is 0 Å². The van der Waals surface area contributed by atoms with Gasteiger partial charge in [-0.15, -0.1) is 0 Å². The van der Waals surface area contributed by atoms with Crippen LogP contribution >= 0.6 is 0 Å². The van der Waals surface area contributed by atoms with Crippen molar-refractivity contribution in [2.75, 3.05) is 6.61 Å². The molecule has 0 bridgehead atoms. The molecule has 0 unspecified atom stereocenters. The fraction of sp³-hybridized carbons (Fsp3) is 0.538. The second-order valence-corrected chi connectivity index (χ2v) is 3.44. The van der Waals surface area contributed by atoms with Gasteiger partial charge in [0.15, 0.2) is 11.5 Å². The Labute approximate surface area is 92.2 Å². The number of ether oxygens (including phenoxy) is 2. The first-order valence-corrected chi connectivity index (χ1v) is 5.70. The lowest BCUT2D eigenvalue weighted by molar-refractivity contribution is 0.182. The van der Waals surface area contributed by atoms with E-state index in [4.69, 9.17) is 9.47 Å². The van der Waals surface area contributed by atoms with E-state index in [1.54, 1.807) is 0 Å². The van der Waals surface area contributed by atoms with Crippen molar-refractivity contribution in [1.82, 2.24) is 0 Å². The van der Waals surface area contributed by atoms with Crippen LogP contribution in [0, 0.1) is 0 Å². The van der Waals surface area contributed by atoms with Crippen LogP contribution in [0.3, 0.4) is 0 Å². The van der Waals surface area contributed by atoms with Gasteiger partial charge >= 0.3 is 0 Å². The second-order valence-electron chi connectivity index (χ2n) is 3.44. The second kappa shape index (κ2) is 6.33. The Hall–Kier alpha value is -1.18. The minimum absolute atomic E-state index is 0.284. The van der Waals surface area contributed by atoms with E-state index in [1.165, 1.54) is 0 Å². The molecular weight excluding hydrogens is 188 g/mol. The summed E-state index contributed by atoms with van der Waals surface area (Å²) < 4.78 is 11.4. The lowest BCUT2D eigenvalue weighted by Crippen LogP contribution is -2.14. The van der Waals surface area contributed by atoms with Crippen molar-refractivity contribution in [3.63, 3.8) is 0 Å². The summed E-state index contributed by atoms with van der Waals surface area (Å²) in [5.41, 5.74) is 0. The third kappa shape index (κ3) is 3.46. The molecule has 1 aromatic rings. The summed E-state index contributed by atoms with van der Waals surface area (Å²) in [7, 11) is 0. The van der Waals surface area contributed by atoms with Crippen molar-refractivity contribution in [3.8, 4) is 11.5 Å². The van der Waals surface area contributed by atoms with Crippen LogP contribution in [0.5, 0.6) is 11.5 Å². The zero-order valence-electron chi connectivity index (χ0n) is 9.82. The molecule has 0 atom stereocenters. The Bertz CT molecular complexity index is 280. The molecule has 0 aliphatic heterocycles. The van der Waals surface area contributed by atoms with Crippen molar-refractivity contribution >= 4 is 0 Å². The summed E-state index contributed by atoms with van der Waals surface area (Å²) >= 11 is 0. The maximum atomic E-state index is 5.87. The van der Waals surface area contributed by atoms with Gasteiger partial charge in [-0.05, 0) is 31.9 Å². The van der Waals surface area contributed by atoms with E-state index in [2.05, 4.69) is 13.8 Å². The normalized spacial score (nSPS) is 10.4. The Balaban J connectivity index is 2.73. The van der Waals surface area contributed by atoms with Gasteiger partial charge in [-0.25, -0.2) is 0 Å². The van der Waals surface area contributed by atoms with Crippen LogP contribution < -0.4 is 9.47 Å². The van der Waals surface area contributed by atoms with Crippen molar-refractivity contribution in [1.29, 1.82) is 0 Å². The monoisotopic (exact) mass is 208 g/mol. The lowest BCUT2D eigenvalue weighted by Gasteiger charge is -2.18. The van der Waals surface area contributed by atoms with Crippen LogP contribution in [0.15, 0.2) is 24.3 Å². The number of benzene rings is 1. The molecule has 15 heavy (non-hydrogen) atoms. The van der Waals surface area contributed by atoms with Gasteiger partial charge in [-0.3, -0.25) is 0 Å². The highest BCUT2D eigenvalue weighted by atomic mass is 16.5. The summed E-state index contributed by atoms with van der Waals surface area (Å²) in [5.74, 6) is 1.69. The van der Waals surface area contributed by atoms with Gasteiger partial charge in [0.1, 0.15) is 0 Å². The number of para-hydroxylation sites is 2. The van der Waals surface area contributed by atoms with Gasteiger partial charge in [0.25, 0.3) is 0 Å². The first-order chi connectivity index (χ1) is 7.31. The van der Waals surface area contributed by atoms with Gasteiger partial charge < -0.3 is 9.47 Å². The molecule has 2 nitrogen and oxygen atoms in total. The molecule has 0 fully saturated rings. The summed E-state index contributed by atoms with van der Waals surface area (Å²) in [5, 5.41) is 0. The third-order valence-electron chi connectivity index (χ3n) is 2.35. The van der Waals surface area contributed by atoms with Crippen molar-refractivity contribution < 1.29 is 9.47 Å². The van der Waals surface area contributed by atoms with Gasteiger partial charge in [0, 0.05) is 0 Å². The summed E-state index contributed by atoms with van der Waals surface area (Å²) in [6.07, 6.45) is 2.33. The van der Waals surface area contributed by atoms with E-state index in [-0.39, 0.29) is 6.10 Å². The van der Waals surface area contributed by atoms with Crippen LogP contribution in [-0.2, 0) is 0 Å². The fourth-order valence-corrected chi connectivity index (χ4v) is 1.46. The average molecular weight is 208 g/mol. The fourth-order valence-electron chi connectivity index (χ4n) is 1.46. The van der Waals surface area contributed by atoms with Crippen LogP contribution in [-0.4, -0.2) is 12.7 Å². The molecule has 2 heteroatoms. The maximum Gasteiger partial charge on any atom is 0.161 e. The molecule has 0 radical (unpaired) electrons. The highest BCUT2D eigenvalue weighted by Crippen LogP contribution is 2.28. The molecule has 1 rings (SSSR count). The molecule has 0 amide bonds. The summed E-state index contributed by atoms with van der Waals surface area (Å²) in [4.78, 5) is 0. The van der Waals surface area contributed by atoms with Crippen molar-refractivity contribution in [2.24, 2.45) is 0 Å². The molecule has 0 aromatic heterocycles. The molecule has 0 aliphatic rings. The molecule has 0 heterocycles. The van der Waals surface area contributed by atoms with Crippen LogP contribution in [0.4, 0.5) is 0 Å². The minimum atomic E-state index is 0.284. The topological polar surface area (TPSA) is 18.5 Å². The number of hydrogen-bond donors (Lipinski definition) is 0. The van der Waals surface area contributed by atoms with E-state index >= 15 is 0 Å². The molecular formula is C13H20O2. The number of hydrogen-bond acceptors (Lipinski definition) is 2. The van der Waals surface area contributed by atoms with Gasteiger partial charge in [0.05, 0.1) is 12.7 Å². The first-order valence-electron chi connectivity index (χ1n) is 5.70. The first kappa shape index (κ1) is 11.9. The van der Waals surface area contributed by atoms with E-state index in [0.29, 0.717) is 6.61 Å². The Morgan fingerprint density at radius 3 is 2.13 bits per heavy atom. The number of rotatable bonds is 6. The Morgan fingerprint density at radius 2 is 1.60 bits per heavy atom. The van der Waals surface area contributed by atoms with Crippen LogP contribution in [0.1, 0.15) is 33.6 Å². The highest BCUT2D eigenvalue weighted by Gasteiger charge is 2.09. The van der Waals surface area contributed by atoms with E-state index in [0.717, 1.165) is 24.3 Å². The molecule has 0 saturated heterocycles. The predicted molar refractivity (Wildman–Crippen MR) is 62.6 cm³/mol.